The summed E-state index contributed by atoms with van der Waals surface area (Å²) in [6.07, 6.45) is 6.40. The molecule has 1 radical (unpaired) electrons. The second-order valence-corrected chi connectivity index (χ2v) is 9.30. The monoisotopic (exact) mass is 492 g/mol. The van der Waals surface area contributed by atoms with Crippen LogP contribution in [0.1, 0.15) is 43.4 Å². The lowest BCUT2D eigenvalue weighted by Gasteiger charge is -2.30. The highest BCUT2D eigenvalue weighted by molar-refractivity contribution is 6.67. The highest BCUT2D eigenvalue weighted by atomic mass is 35.5. The summed E-state index contributed by atoms with van der Waals surface area (Å²) in [5.41, 5.74) is 3.89. The molecule has 0 aliphatic carbocycles. The average Bonchev–Trinajstić information content (AvgIpc) is 2.81. The number of ether oxygens (including phenoxy) is 1. The van der Waals surface area contributed by atoms with E-state index in [1.165, 1.54) is 6.20 Å². The van der Waals surface area contributed by atoms with Crippen LogP contribution in [0.4, 0.5) is 10.1 Å². The number of hydrogen-bond donors (Lipinski definition) is 1. The van der Waals surface area contributed by atoms with Gasteiger partial charge in [0.25, 0.3) is 0 Å². The maximum absolute atomic E-state index is 13.5. The minimum atomic E-state index is -1.17. The first-order chi connectivity index (χ1) is 16.5. The molecule has 0 atom stereocenters. The van der Waals surface area contributed by atoms with Gasteiger partial charge < -0.3 is 14.7 Å². The molecule has 1 N–H and O–H groups in total. The smallest absolute Gasteiger partial charge is 0.308 e. The molecule has 0 saturated carbocycles. The lowest BCUT2D eigenvalue weighted by molar-refractivity contribution is 0.0688. The average molecular weight is 493 g/mol. The van der Waals surface area contributed by atoms with Crippen LogP contribution in [0.15, 0.2) is 59.3 Å². The molecule has 3 aromatic heterocycles. The molecule has 4 heterocycles. The van der Waals surface area contributed by atoms with Gasteiger partial charge in [-0.15, -0.1) is 0 Å². The van der Waals surface area contributed by atoms with Crippen molar-refractivity contribution in [1.29, 1.82) is 0 Å². The maximum atomic E-state index is 13.5. The zero-order valence-corrected chi connectivity index (χ0v) is 20.9. The molecule has 0 fully saturated rings. The molecule has 7 nitrogen and oxygen atoms in total. The number of anilines is 1. The van der Waals surface area contributed by atoms with E-state index < -0.39 is 5.60 Å². The van der Waals surface area contributed by atoms with Gasteiger partial charge in [0.1, 0.15) is 23.8 Å². The summed E-state index contributed by atoms with van der Waals surface area (Å²) in [6.45, 7) is 9.03. The maximum Gasteiger partial charge on any atom is 0.308 e. The van der Waals surface area contributed by atoms with Crippen molar-refractivity contribution >= 4 is 24.7 Å². The molecular formula is C25H25BClFN5O2. The normalized spacial score (nSPS) is 14.1. The topological polar surface area (TPSA) is 84.3 Å². The quantitative estimate of drug-likeness (QED) is 0.491. The number of allylic oxidation sites excluding steroid dienone is 2. The van der Waals surface area contributed by atoms with Crippen molar-refractivity contribution in [3.8, 4) is 11.4 Å². The number of aliphatic hydroxyl groups is 1. The predicted molar refractivity (Wildman–Crippen MR) is 134 cm³/mol. The van der Waals surface area contributed by atoms with E-state index in [2.05, 4.69) is 19.9 Å². The van der Waals surface area contributed by atoms with Gasteiger partial charge in [-0.2, -0.15) is 0 Å². The molecule has 0 spiro atoms. The SMILES string of the molecule is CC1=CC(OCc2cc(C)c(F)cn2)=C(Cl)[B]N1c1cc(-c2ccnc(C(C)(C)O)n2)ncc1C. The number of rotatable bonds is 6. The van der Waals surface area contributed by atoms with Gasteiger partial charge in [-0.1, -0.05) is 11.6 Å². The van der Waals surface area contributed by atoms with Crippen molar-refractivity contribution in [3.05, 3.63) is 87.7 Å². The predicted octanol–water partition coefficient (Wildman–Crippen LogP) is 4.88. The molecular weight excluding hydrogens is 468 g/mol. The van der Waals surface area contributed by atoms with Gasteiger partial charge in [-0.3, -0.25) is 9.97 Å². The standard InChI is InChI=1S/C25H25BClFN5O2/c1-14-8-17(30-12-18(14)28)13-35-22-9-16(3)33(26-23(22)27)21-10-20(31-11-15(21)2)19-6-7-29-24(32-19)25(4,5)34/h6-12,34H,13H2,1-5H3. The van der Waals surface area contributed by atoms with Crippen LogP contribution < -0.4 is 4.81 Å². The molecule has 35 heavy (non-hydrogen) atoms. The first-order valence-corrected chi connectivity index (χ1v) is 11.4. The van der Waals surface area contributed by atoms with Crippen LogP contribution in [-0.4, -0.2) is 32.5 Å². The van der Waals surface area contributed by atoms with Crippen LogP contribution in [0.5, 0.6) is 0 Å². The molecule has 179 valence electrons. The third-order valence-electron chi connectivity index (χ3n) is 5.48. The fraction of sp³-hybridized carbons (Fsp3) is 0.280. The van der Waals surface area contributed by atoms with Crippen LogP contribution in [0.3, 0.4) is 0 Å². The number of pyridine rings is 2. The molecule has 0 amide bonds. The fourth-order valence-electron chi connectivity index (χ4n) is 3.51. The summed E-state index contributed by atoms with van der Waals surface area (Å²) in [6, 6.07) is 5.32. The molecule has 0 bridgehead atoms. The third kappa shape index (κ3) is 5.52. The van der Waals surface area contributed by atoms with E-state index in [1.54, 1.807) is 52.7 Å². The summed E-state index contributed by atoms with van der Waals surface area (Å²) < 4.78 is 19.4. The zero-order valence-electron chi connectivity index (χ0n) is 20.2. The molecule has 1 aliphatic heterocycles. The van der Waals surface area contributed by atoms with Crippen LogP contribution in [0.2, 0.25) is 0 Å². The van der Waals surface area contributed by atoms with Gasteiger partial charge in [0.15, 0.2) is 5.82 Å². The highest BCUT2D eigenvalue weighted by Gasteiger charge is 2.24. The summed E-state index contributed by atoms with van der Waals surface area (Å²) in [5, 5.41) is 10.3. The Morgan fingerprint density at radius 3 is 2.57 bits per heavy atom. The fourth-order valence-corrected chi connectivity index (χ4v) is 3.72. The number of nitrogens with zero attached hydrogens (tertiary/aromatic N) is 5. The Bertz CT molecular complexity index is 1340. The van der Waals surface area contributed by atoms with Gasteiger partial charge in [0.2, 0.25) is 0 Å². The first-order valence-electron chi connectivity index (χ1n) is 11.0. The van der Waals surface area contributed by atoms with Crippen molar-refractivity contribution in [2.75, 3.05) is 4.81 Å². The Morgan fingerprint density at radius 1 is 1.09 bits per heavy atom. The summed E-state index contributed by atoms with van der Waals surface area (Å²) in [4.78, 5) is 19.6. The minimum Gasteiger partial charge on any atom is -0.487 e. The van der Waals surface area contributed by atoms with E-state index in [0.29, 0.717) is 39.2 Å². The lowest BCUT2D eigenvalue weighted by Crippen LogP contribution is -2.30. The Labute approximate surface area is 209 Å². The summed E-state index contributed by atoms with van der Waals surface area (Å²) >= 11 is 6.56. The van der Waals surface area contributed by atoms with E-state index in [0.717, 1.165) is 16.9 Å². The van der Waals surface area contributed by atoms with Crippen molar-refractivity contribution < 1.29 is 14.2 Å². The number of hydrogen-bond acceptors (Lipinski definition) is 7. The summed E-state index contributed by atoms with van der Waals surface area (Å²) in [5.74, 6) is 0.466. The van der Waals surface area contributed by atoms with Crippen LogP contribution in [0, 0.1) is 19.7 Å². The molecule has 0 unspecified atom stereocenters. The first kappa shape index (κ1) is 24.8. The highest BCUT2D eigenvalue weighted by Crippen LogP contribution is 2.32. The van der Waals surface area contributed by atoms with Crippen LogP contribution in [0.25, 0.3) is 11.4 Å². The second kappa shape index (κ2) is 9.75. The van der Waals surface area contributed by atoms with Gasteiger partial charge >= 0.3 is 7.41 Å². The number of halogens is 2. The number of aryl methyl sites for hydroxylation is 2. The van der Waals surface area contributed by atoms with E-state index in [4.69, 9.17) is 16.3 Å². The van der Waals surface area contributed by atoms with Gasteiger partial charge in [-0.25, -0.2) is 14.4 Å². The van der Waals surface area contributed by atoms with Gasteiger partial charge in [0.05, 0.1) is 23.3 Å². The molecule has 0 aromatic carbocycles. The Kier molecular flexibility index (Phi) is 6.92. The molecule has 3 aromatic rings. The van der Waals surface area contributed by atoms with Crippen molar-refractivity contribution in [2.45, 2.75) is 46.8 Å². The van der Waals surface area contributed by atoms with E-state index >= 15 is 0 Å². The third-order valence-corrected chi connectivity index (χ3v) is 5.76. The van der Waals surface area contributed by atoms with Crippen LogP contribution >= 0.6 is 11.6 Å². The van der Waals surface area contributed by atoms with Gasteiger partial charge in [-0.05, 0) is 70.0 Å². The molecule has 1 aliphatic rings. The van der Waals surface area contributed by atoms with Crippen molar-refractivity contribution in [2.24, 2.45) is 0 Å². The van der Waals surface area contributed by atoms with Crippen LogP contribution in [-0.2, 0) is 16.9 Å². The Balaban J connectivity index is 1.57. The lowest BCUT2D eigenvalue weighted by atomic mass is 9.84. The minimum absolute atomic E-state index is 0.167. The number of aromatic nitrogens is 4. The van der Waals surface area contributed by atoms with E-state index in [1.807, 2.05) is 30.8 Å². The zero-order chi connectivity index (χ0) is 25.3. The summed E-state index contributed by atoms with van der Waals surface area (Å²) in [7, 11) is 1.78. The molecule has 10 heteroatoms. The van der Waals surface area contributed by atoms with E-state index in [-0.39, 0.29) is 12.4 Å². The Hall–Kier alpha value is -3.30. The Morgan fingerprint density at radius 2 is 1.86 bits per heavy atom. The van der Waals surface area contributed by atoms with Gasteiger partial charge in [0, 0.05) is 28.7 Å². The second-order valence-electron chi connectivity index (χ2n) is 8.89. The van der Waals surface area contributed by atoms with E-state index in [9.17, 15) is 9.50 Å². The van der Waals surface area contributed by atoms with Crippen molar-refractivity contribution in [1.82, 2.24) is 19.9 Å². The molecule has 0 saturated heterocycles. The van der Waals surface area contributed by atoms with Crippen molar-refractivity contribution in [3.63, 3.8) is 0 Å². The molecule has 4 rings (SSSR count). The largest absolute Gasteiger partial charge is 0.487 e.